The number of nitrogen functional groups attached to an aromatic ring is 1. The van der Waals surface area contributed by atoms with E-state index in [1.54, 1.807) is 12.5 Å². The SMILES string of the molecule is NNc1nc(Cn2ccnc2)cs1. The third kappa shape index (κ3) is 1.85. The standard InChI is InChI=1S/C7H9N5S/c8-11-7-10-6(4-13-7)3-12-2-1-9-5-12/h1-2,4-5H,3,8H2,(H,10,11). The zero-order valence-electron chi connectivity index (χ0n) is 6.84. The zero-order valence-corrected chi connectivity index (χ0v) is 7.66. The van der Waals surface area contributed by atoms with Crippen LogP contribution in [0, 0.1) is 0 Å². The average Bonchev–Trinajstić information content (AvgIpc) is 2.76. The van der Waals surface area contributed by atoms with E-state index >= 15 is 0 Å². The molecule has 0 aliphatic rings. The minimum absolute atomic E-state index is 0.732. The van der Waals surface area contributed by atoms with E-state index in [0.717, 1.165) is 17.4 Å². The first-order valence-electron chi connectivity index (χ1n) is 3.75. The molecule has 5 nitrogen and oxygen atoms in total. The highest BCUT2D eigenvalue weighted by molar-refractivity contribution is 7.13. The van der Waals surface area contributed by atoms with Gasteiger partial charge in [-0.1, -0.05) is 0 Å². The van der Waals surface area contributed by atoms with Gasteiger partial charge in [0.2, 0.25) is 0 Å². The average molecular weight is 195 g/mol. The molecule has 0 unspecified atom stereocenters. The van der Waals surface area contributed by atoms with Crippen LogP contribution in [0.1, 0.15) is 5.69 Å². The maximum atomic E-state index is 5.22. The highest BCUT2D eigenvalue weighted by Crippen LogP contribution is 2.14. The van der Waals surface area contributed by atoms with Crippen molar-refractivity contribution < 1.29 is 0 Å². The van der Waals surface area contributed by atoms with E-state index in [9.17, 15) is 0 Å². The molecular weight excluding hydrogens is 186 g/mol. The molecule has 2 rings (SSSR count). The maximum Gasteiger partial charge on any atom is 0.197 e. The van der Waals surface area contributed by atoms with Crippen LogP contribution >= 0.6 is 11.3 Å². The summed E-state index contributed by atoms with van der Waals surface area (Å²) >= 11 is 1.49. The van der Waals surface area contributed by atoms with Crippen LogP contribution in [0.2, 0.25) is 0 Å². The summed E-state index contributed by atoms with van der Waals surface area (Å²) in [5, 5.41) is 2.70. The van der Waals surface area contributed by atoms with E-state index in [0.29, 0.717) is 0 Å². The van der Waals surface area contributed by atoms with Gasteiger partial charge in [-0.25, -0.2) is 15.8 Å². The Hall–Kier alpha value is -1.40. The molecule has 0 atom stereocenters. The van der Waals surface area contributed by atoms with Gasteiger partial charge in [0.05, 0.1) is 18.6 Å². The van der Waals surface area contributed by atoms with Gasteiger partial charge in [0.1, 0.15) is 0 Å². The van der Waals surface area contributed by atoms with Crippen molar-refractivity contribution in [1.82, 2.24) is 14.5 Å². The molecular formula is C7H9N5S. The lowest BCUT2D eigenvalue weighted by Crippen LogP contribution is -2.06. The summed E-state index contributed by atoms with van der Waals surface area (Å²) in [4.78, 5) is 8.18. The lowest BCUT2D eigenvalue weighted by molar-refractivity contribution is 0.779. The molecule has 0 aromatic carbocycles. The summed E-state index contributed by atoms with van der Waals surface area (Å²) < 4.78 is 1.95. The van der Waals surface area contributed by atoms with Crippen LogP contribution < -0.4 is 11.3 Å². The number of hydrogen-bond donors (Lipinski definition) is 2. The summed E-state index contributed by atoms with van der Waals surface area (Å²) in [6, 6.07) is 0. The molecule has 2 heterocycles. The Morgan fingerprint density at radius 2 is 2.54 bits per heavy atom. The molecule has 68 valence electrons. The van der Waals surface area contributed by atoms with Crippen LogP contribution in [0.15, 0.2) is 24.1 Å². The molecule has 0 saturated carbocycles. The fourth-order valence-corrected chi connectivity index (χ4v) is 1.63. The van der Waals surface area contributed by atoms with Crippen molar-refractivity contribution in [2.45, 2.75) is 6.54 Å². The Balaban J connectivity index is 2.10. The fourth-order valence-electron chi connectivity index (χ4n) is 1.01. The molecule has 0 saturated heterocycles. The number of hydrogen-bond acceptors (Lipinski definition) is 5. The van der Waals surface area contributed by atoms with Crippen molar-refractivity contribution in [3.63, 3.8) is 0 Å². The number of anilines is 1. The third-order valence-electron chi connectivity index (χ3n) is 1.58. The van der Waals surface area contributed by atoms with E-state index in [2.05, 4.69) is 15.4 Å². The molecule has 0 bridgehead atoms. The number of nitrogens with two attached hydrogens (primary N) is 1. The Morgan fingerprint density at radius 3 is 3.15 bits per heavy atom. The summed E-state index contributed by atoms with van der Waals surface area (Å²) in [5.74, 6) is 5.22. The van der Waals surface area contributed by atoms with E-state index in [4.69, 9.17) is 5.84 Å². The Kier molecular flexibility index (Phi) is 2.24. The molecule has 0 aliphatic carbocycles. The van der Waals surface area contributed by atoms with Crippen LogP contribution in [-0.4, -0.2) is 14.5 Å². The van der Waals surface area contributed by atoms with Gasteiger partial charge in [0, 0.05) is 17.8 Å². The quantitative estimate of drug-likeness (QED) is 0.558. The minimum Gasteiger partial charge on any atom is -0.331 e. The highest BCUT2D eigenvalue weighted by Gasteiger charge is 2.00. The first-order valence-corrected chi connectivity index (χ1v) is 4.63. The second kappa shape index (κ2) is 3.55. The third-order valence-corrected chi connectivity index (χ3v) is 2.40. The van der Waals surface area contributed by atoms with Gasteiger partial charge in [-0.2, -0.15) is 0 Å². The number of aromatic nitrogens is 3. The molecule has 0 amide bonds. The number of thiazole rings is 1. The van der Waals surface area contributed by atoms with E-state index in [-0.39, 0.29) is 0 Å². The van der Waals surface area contributed by atoms with Crippen LogP contribution in [0.4, 0.5) is 5.13 Å². The van der Waals surface area contributed by atoms with Gasteiger partial charge in [-0.05, 0) is 0 Å². The lowest BCUT2D eigenvalue weighted by atomic mass is 10.5. The Labute approximate surface area is 79.2 Å². The van der Waals surface area contributed by atoms with Crippen molar-refractivity contribution >= 4 is 16.5 Å². The monoisotopic (exact) mass is 195 g/mol. The molecule has 0 spiro atoms. The zero-order chi connectivity index (χ0) is 9.10. The minimum atomic E-state index is 0.732. The van der Waals surface area contributed by atoms with Gasteiger partial charge in [-0.15, -0.1) is 11.3 Å². The van der Waals surface area contributed by atoms with Crippen molar-refractivity contribution in [3.8, 4) is 0 Å². The van der Waals surface area contributed by atoms with E-state index in [1.807, 2.05) is 16.1 Å². The summed E-state index contributed by atoms with van der Waals surface area (Å²) in [5.41, 5.74) is 3.49. The first-order chi connectivity index (χ1) is 6.38. The number of rotatable bonds is 3. The molecule has 0 radical (unpaired) electrons. The molecule has 0 aliphatic heterocycles. The van der Waals surface area contributed by atoms with Crippen LogP contribution in [0.3, 0.4) is 0 Å². The Bertz CT molecular complexity index is 366. The normalized spacial score (nSPS) is 10.2. The van der Waals surface area contributed by atoms with Gasteiger partial charge >= 0.3 is 0 Å². The van der Waals surface area contributed by atoms with Crippen molar-refractivity contribution in [1.29, 1.82) is 0 Å². The first kappa shape index (κ1) is 8.21. The number of imidazole rings is 1. The predicted octanol–water partition coefficient (Wildman–Crippen LogP) is 0.673. The van der Waals surface area contributed by atoms with E-state index in [1.165, 1.54) is 11.3 Å². The van der Waals surface area contributed by atoms with Gasteiger partial charge in [-0.3, -0.25) is 5.43 Å². The smallest absolute Gasteiger partial charge is 0.197 e. The van der Waals surface area contributed by atoms with Crippen molar-refractivity contribution in [2.75, 3.05) is 5.43 Å². The summed E-state index contributed by atoms with van der Waals surface area (Å²) in [6.07, 6.45) is 5.40. The second-order valence-electron chi connectivity index (χ2n) is 2.52. The maximum absolute atomic E-state index is 5.22. The number of nitrogens with zero attached hydrogens (tertiary/aromatic N) is 3. The van der Waals surface area contributed by atoms with Gasteiger partial charge in [0.25, 0.3) is 0 Å². The van der Waals surface area contributed by atoms with Crippen LogP contribution in [-0.2, 0) is 6.54 Å². The fraction of sp³-hybridized carbons (Fsp3) is 0.143. The molecule has 0 fully saturated rings. The molecule has 6 heteroatoms. The number of hydrazine groups is 1. The lowest BCUT2D eigenvalue weighted by Gasteiger charge is -1.96. The highest BCUT2D eigenvalue weighted by atomic mass is 32.1. The van der Waals surface area contributed by atoms with E-state index < -0.39 is 0 Å². The largest absolute Gasteiger partial charge is 0.331 e. The van der Waals surface area contributed by atoms with Crippen LogP contribution in [0.5, 0.6) is 0 Å². The summed E-state index contributed by atoms with van der Waals surface area (Å²) in [6.45, 7) is 0.734. The topological polar surface area (TPSA) is 68.8 Å². The van der Waals surface area contributed by atoms with Gasteiger partial charge in [0.15, 0.2) is 5.13 Å². The molecule has 2 aromatic heterocycles. The molecule has 13 heavy (non-hydrogen) atoms. The summed E-state index contributed by atoms with van der Waals surface area (Å²) in [7, 11) is 0. The van der Waals surface area contributed by atoms with Crippen LogP contribution in [0.25, 0.3) is 0 Å². The Morgan fingerprint density at radius 1 is 1.62 bits per heavy atom. The van der Waals surface area contributed by atoms with Crippen molar-refractivity contribution in [3.05, 3.63) is 29.8 Å². The predicted molar refractivity (Wildman–Crippen MR) is 51.3 cm³/mol. The second-order valence-corrected chi connectivity index (χ2v) is 3.38. The van der Waals surface area contributed by atoms with Crippen molar-refractivity contribution in [2.24, 2.45) is 5.84 Å². The molecule has 2 aromatic rings. The number of nitrogens with one attached hydrogen (secondary N) is 1. The van der Waals surface area contributed by atoms with Gasteiger partial charge < -0.3 is 4.57 Å². The molecule has 3 N–H and O–H groups in total.